The van der Waals surface area contributed by atoms with E-state index in [2.05, 4.69) is 31.3 Å². The Morgan fingerprint density at radius 3 is 1.50 bits per heavy atom. The molecule has 1 fully saturated rings. The van der Waals surface area contributed by atoms with Crippen LogP contribution in [0.2, 0.25) is 0 Å². The second kappa shape index (κ2) is 36.3. The largest absolute Gasteiger partial charge is 0.394 e. The Balaban J connectivity index is 2.33. The molecule has 1 heterocycles. The Morgan fingerprint density at radius 1 is 0.611 bits per heavy atom. The fraction of sp³-hybridized carbons (Fsp3) is 0.933. The minimum atomic E-state index is -1.55. The molecular formula is C45H87NO8. The molecule has 1 aliphatic heterocycles. The molecule has 7 unspecified atom stereocenters. The highest BCUT2D eigenvalue weighted by Gasteiger charge is 2.44. The molecule has 1 saturated heterocycles. The lowest BCUT2D eigenvalue weighted by Crippen LogP contribution is -2.60. The maximum atomic E-state index is 12.9. The number of ether oxygens (including phenoxy) is 2. The lowest BCUT2D eigenvalue weighted by molar-refractivity contribution is -0.302. The molecule has 9 nitrogen and oxygen atoms in total. The summed E-state index contributed by atoms with van der Waals surface area (Å²) in [5, 5.41) is 54.3. The molecule has 6 N–H and O–H groups in total. The summed E-state index contributed by atoms with van der Waals surface area (Å²) < 4.78 is 11.2. The van der Waals surface area contributed by atoms with Crippen LogP contribution in [-0.4, -0.2) is 87.5 Å². The Morgan fingerprint density at radius 2 is 1.04 bits per heavy atom. The zero-order valence-electron chi connectivity index (χ0n) is 35.0. The first kappa shape index (κ1) is 50.9. The van der Waals surface area contributed by atoms with Crippen LogP contribution < -0.4 is 5.32 Å². The van der Waals surface area contributed by atoms with Gasteiger partial charge in [-0.2, -0.15) is 0 Å². The Kier molecular flexibility index (Phi) is 34.2. The van der Waals surface area contributed by atoms with Gasteiger partial charge in [-0.25, -0.2) is 0 Å². The summed E-state index contributed by atoms with van der Waals surface area (Å²) in [4.78, 5) is 12.9. The van der Waals surface area contributed by atoms with Gasteiger partial charge < -0.3 is 40.3 Å². The average molecular weight is 770 g/mol. The van der Waals surface area contributed by atoms with Gasteiger partial charge in [-0.05, 0) is 38.5 Å². The van der Waals surface area contributed by atoms with E-state index in [4.69, 9.17) is 9.47 Å². The first-order valence-electron chi connectivity index (χ1n) is 22.9. The van der Waals surface area contributed by atoms with Crippen molar-refractivity contribution >= 4 is 5.91 Å². The van der Waals surface area contributed by atoms with Crippen LogP contribution >= 0.6 is 0 Å². The molecule has 1 amide bonds. The third-order valence-corrected chi connectivity index (χ3v) is 11.1. The van der Waals surface area contributed by atoms with E-state index in [0.29, 0.717) is 12.8 Å². The number of hydrogen-bond acceptors (Lipinski definition) is 8. The zero-order chi connectivity index (χ0) is 39.5. The second-order valence-corrected chi connectivity index (χ2v) is 16.2. The summed E-state index contributed by atoms with van der Waals surface area (Å²) in [6.07, 6.45) is 33.6. The molecule has 1 aliphatic rings. The molecule has 7 atom stereocenters. The van der Waals surface area contributed by atoms with Crippen LogP contribution in [0.15, 0.2) is 12.2 Å². The van der Waals surface area contributed by atoms with E-state index < -0.39 is 49.5 Å². The summed E-state index contributed by atoms with van der Waals surface area (Å²) in [5.41, 5.74) is 0. The first-order valence-corrected chi connectivity index (χ1v) is 22.9. The molecule has 320 valence electrons. The summed E-state index contributed by atoms with van der Waals surface area (Å²) in [6.45, 7) is 3.82. The van der Waals surface area contributed by atoms with Gasteiger partial charge in [-0.15, -0.1) is 0 Å². The molecule has 0 aromatic heterocycles. The van der Waals surface area contributed by atoms with Crippen LogP contribution in [0.25, 0.3) is 0 Å². The van der Waals surface area contributed by atoms with Gasteiger partial charge in [0.1, 0.15) is 24.4 Å². The van der Waals surface area contributed by atoms with Crippen LogP contribution in [0.4, 0.5) is 0 Å². The highest BCUT2D eigenvalue weighted by molar-refractivity contribution is 5.76. The van der Waals surface area contributed by atoms with E-state index in [9.17, 15) is 30.3 Å². The van der Waals surface area contributed by atoms with E-state index in [-0.39, 0.29) is 12.5 Å². The summed E-state index contributed by atoms with van der Waals surface area (Å²) in [6, 6.07) is -0.722. The van der Waals surface area contributed by atoms with Gasteiger partial charge >= 0.3 is 0 Å². The number of rotatable bonds is 38. The molecule has 0 bridgehead atoms. The molecule has 1 rings (SSSR count). The van der Waals surface area contributed by atoms with Crippen LogP contribution in [0, 0.1) is 0 Å². The monoisotopic (exact) mass is 770 g/mol. The predicted molar refractivity (Wildman–Crippen MR) is 221 cm³/mol. The summed E-state index contributed by atoms with van der Waals surface area (Å²) in [7, 11) is 0. The zero-order valence-corrected chi connectivity index (χ0v) is 35.0. The number of amides is 1. The average Bonchev–Trinajstić information content (AvgIpc) is 3.17. The van der Waals surface area contributed by atoms with Crippen LogP contribution in [0.5, 0.6) is 0 Å². The molecule has 54 heavy (non-hydrogen) atoms. The van der Waals surface area contributed by atoms with Gasteiger partial charge in [0, 0.05) is 6.42 Å². The number of carbonyl (C=O) groups excluding carboxylic acids is 1. The standard InChI is InChI=1S/C45H87NO8/c1-3-5-7-9-11-13-15-17-18-19-20-21-23-24-26-28-30-32-34-39(48)38(37-53-45-44(52)43(51)42(50)40(36-47)54-45)46-41(49)35-33-31-29-27-25-22-16-14-12-10-8-6-4-2/h22,25,38-40,42-45,47-48,50-52H,3-21,23-24,26-37H2,1-2H3,(H,46,49)/b25-22-. The highest BCUT2D eigenvalue weighted by Crippen LogP contribution is 2.23. The van der Waals surface area contributed by atoms with E-state index >= 15 is 0 Å². The predicted octanol–water partition coefficient (Wildman–Crippen LogP) is 9.34. The fourth-order valence-electron chi connectivity index (χ4n) is 7.39. The van der Waals surface area contributed by atoms with Crippen molar-refractivity contribution in [3.63, 3.8) is 0 Å². The Labute approximate surface area is 331 Å². The molecular weight excluding hydrogens is 682 g/mol. The fourth-order valence-corrected chi connectivity index (χ4v) is 7.39. The second-order valence-electron chi connectivity index (χ2n) is 16.2. The lowest BCUT2D eigenvalue weighted by atomic mass is 9.99. The van der Waals surface area contributed by atoms with Crippen molar-refractivity contribution in [3.8, 4) is 0 Å². The Bertz CT molecular complexity index is 858. The topological polar surface area (TPSA) is 149 Å². The highest BCUT2D eigenvalue weighted by atomic mass is 16.7. The molecule has 0 aromatic rings. The number of hydrogen-bond donors (Lipinski definition) is 6. The van der Waals surface area contributed by atoms with Gasteiger partial charge in [-0.3, -0.25) is 4.79 Å². The third-order valence-electron chi connectivity index (χ3n) is 11.1. The minimum absolute atomic E-state index is 0.141. The maximum absolute atomic E-state index is 12.9. The number of aliphatic hydroxyl groups excluding tert-OH is 5. The first-order chi connectivity index (χ1) is 26.3. The summed E-state index contributed by atoms with van der Waals surface area (Å²) in [5.74, 6) is -0.159. The smallest absolute Gasteiger partial charge is 0.220 e. The SMILES string of the molecule is CCCCCCCC/C=C\CCCCCC(=O)NC(COC1OC(CO)C(O)C(O)C1O)C(O)CCCCCCCCCCCCCCCCCCCC. The van der Waals surface area contributed by atoms with Crippen LogP contribution in [0.1, 0.15) is 213 Å². The number of allylic oxidation sites excluding steroid dienone is 2. The van der Waals surface area contributed by atoms with Gasteiger partial charge in [0.2, 0.25) is 5.91 Å². The lowest BCUT2D eigenvalue weighted by Gasteiger charge is -2.40. The number of unbranched alkanes of at least 4 members (excludes halogenated alkanes) is 26. The summed E-state index contributed by atoms with van der Waals surface area (Å²) >= 11 is 0. The number of aliphatic hydroxyl groups is 5. The van der Waals surface area contributed by atoms with Gasteiger partial charge in [0.15, 0.2) is 6.29 Å². The van der Waals surface area contributed by atoms with E-state index in [1.54, 1.807) is 0 Å². The van der Waals surface area contributed by atoms with Gasteiger partial charge in [0.05, 0.1) is 25.4 Å². The molecule has 0 aliphatic carbocycles. The van der Waals surface area contributed by atoms with E-state index in [1.807, 2.05) is 0 Å². The molecule has 0 spiro atoms. The van der Waals surface area contributed by atoms with Crippen molar-refractivity contribution in [1.29, 1.82) is 0 Å². The third kappa shape index (κ3) is 26.7. The molecule has 0 saturated carbocycles. The van der Waals surface area contributed by atoms with Crippen molar-refractivity contribution < 1.29 is 39.8 Å². The van der Waals surface area contributed by atoms with Crippen molar-refractivity contribution in [1.82, 2.24) is 5.32 Å². The quantitative estimate of drug-likeness (QED) is 0.0269. The number of carbonyl (C=O) groups is 1. The van der Waals surface area contributed by atoms with Crippen molar-refractivity contribution in [2.45, 2.75) is 256 Å². The molecule has 0 aromatic carbocycles. The van der Waals surface area contributed by atoms with Crippen molar-refractivity contribution in [3.05, 3.63) is 12.2 Å². The maximum Gasteiger partial charge on any atom is 0.220 e. The van der Waals surface area contributed by atoms with Crippen molar-refractivity contribution in [2.75, 3.05) is 13.2 Å². The van der Waals surface area contributed by atoms with E-state index in [1.165, 1.54) is 135 Å². The van der Waals surface area contributed by atoms with E-state index in [0.717, 1.165) is 51.4 Å². The van der Waals surface area contributed by atoms with Crippen LogP contribution in [0.3, 0.4) is 0 Å². The van der Waals surface area contributed by atoms with Crippen LogP contribution in [-0.2, 0) is 14.3 Å². The molecule has 0 radical (unpaired) electrons. The minimum Gasteiger partial charge on any atom is -0.394 e. The normalized spacial score (nSPS) is 21.5. The Hall–Kier alpha value is -1.07. The molecule has 9 heteroatoms. The van der Waals surface area contributed by atoms with Crippen molar-refractivity contribution in [2.24, 2.45) is 0 Å². The van der Waals surface area contributed by atoms with Gasteiger partial charge in [-0.1, -0.05) is 180 Å². The number of nitrogens with one attached hydrogen (secondary N) is 1. The van der Waals surface area contributed by atoms with Gasteiger partial charge in [0.25, 0.3) is 0 Å².